The van der Waals surface area contributed by atoms with E-state index in [1.165, 1.54) is 31.5 Å². The van der Waals surface area contributed by atoms with E-state index < -0.39 is 21.6 Å². The molecule has 154 valence electrons. The molecule has 3 aromatic rings. The smallest absolute Gasteiger partial charge is 0.270 e. The van der Waals surface area contributed by atoms with Crippen molar-refractivity contribution < 1.29 is 22.3 Å². The molecule has 0 aliphatic carbocycles. The maximum atomic E-state index is 13.6. The van der Waals surface area contributed by atoms with Crippen LogP contribution in [0.3, 0.4) is 0 Å². The van der Waals surface area contributed by atoms with Gasteiger partial charge in [0.1, 0.15) is 16.4 Å². The molecule has 0 spiro atoms. The van der Waals surface area contributed by atoms with E-state index >= 15 is 0 Å². The third kappa shape index (κ3) is 3.69. The molecule has 1 aliphatic heterocycles. The second-order valence-electron chi connectivity index (χ2n) is 6.49. The molecular formula is C21H17FN2O4S2. The van der Waals surface area contributed by atoms with Crippen molar-refractivity contribution in [3.8, 4) is 5.75 Å². The topological polar surface area (TPSA) is 75.7 Å². The molecule has 30 heavy (non-hydrogen) atoms. The summed E-state index contributed by atoms with van der Waals surface area (Å²) in [6.45, 7) is -0.0897. The Balaban J connectivity index is 1.73. The largest absolute Gasteiger partial charge is 0.497 e. The highest BCUT2D eigenvalue weighted by molar-refractivity contribution is 7.97. The summed E-state index contributed by atoms with van der Waals surface area (Å²) in [5.74, 6) is -0.450. The number of Topliss-reactive ketones (excluding diaryl/α,β-unsaturated/α-hetero) is 1. The molecule has 2 aromatic carbocycles. The summed E-state index contributed by atoms with van der Waals surface area (Å²) in [5.41, 5.74) is 1.34. The predicted molar refractivity (Wildman–Crippen MR) is 115 cm³/mol. The lowest BCUT2D eigenvalue weighted by atomic mass is 10.2. The van der Waals surface area contributed by atoms with Gasteiger partial charge in [-0.2, -0.15) is 0 Å². The maximum absolute atomic E-state index is 13.6. The Morgan fingerprint density at radius 1 is 1.17 bits per heavy atom. The van der Waals surface area contributed by atoms with Gasteiger partial charge in [0, 0.05) is 18.0 Å². The molecule has 0 radical (unpaired) electrons. The fourth-order valence-electron chi connectivity index (χ4n) is 3.12. The number of hydrogen-bond donors (Lipinski definition) is 1. The first-order valence-electron chi connectivity index (χ1n) is 8.90. The molecule has 0 fully saturated rings. The molecule has 9 heteroatoms. The predicted octanol–water partition coefficient (Wildman–Crippen LogP) is 4.38. The summed E-state index contributed by atoms with van der Waals surface area (Å²) in [7, 11) is -2.64. The molecule has 0 atom stereocenters. The van der Waals surface area contributed by atoms with E-state index in [9.17, 15) is 17.6 Å². The lowest BCUT2D eigenvalue weighted by molar-refractivity contribution is 0.104. The number of ketones is 1. The lowest BCUT2D eigenvalue weighted by Gasteiger charge is -2.29. The minimum absolute atomic E-state index is 0.0897. The number of carbonyl (C=O) groups excluding carboxylic acids is 1. The van der Waals surface area contributed by atoms with Crippen molar-refractivity contribution in [3.05, 3.63) is 87.3 Å². The number of fused-ring (bicyclic) bond motifs is 1. The van der Waals surface area contributed by atoms with Gasteiger partial charge in [0.05, 0.1) is 19.3 Å². The van der Waals surface area contributed by atoms with Crippen molar-refractivity contribution in [2.75, 3.05) is 16.7 Å². The van der Waals surface area contributed by atoms with Gasteiger partial charge in [-0.15, -0.1) is 11.3 Å². The van der Waals surface area contributed by atoms with Crippen LogP contribution in [0.5, 0.6) is 5.75 Å². The second kappa shape index (κ2) is 7.92. The molecule has 1 aromatic heterocycles. The third-order valence-corrected chi connectivity index (χ3v) is 7.23. The van der Waals surface area contributed by atoms with Crippen molar-refractivity contribution in [1.29, 1.82) is 0 Å². The monoisotopic (exact) mass is 444 g/mol. The van der Waals surface area contributed by atoms with Gasteiger partial charge in [0.15, 0.2) is 4.91 Å². The number of benzene rings is 2. The van der Waals surface area contributed by atoms with Gasteiger partial charge >= 0.3 is 0 Å². The first kappa shape index (κ1) is 20.1. The SMILES string of the molecule is COc1cccc(NC=C2C(=O)c3sccc3N(Cc3cccc(F)c3)S2(=O)=O)c1. The fraction of sp³-hybridized carbons (Fsp3) is 0.0952. The molecule has 0 amide bonds. The van der Waals surface area contributed by atoms with Crippen LogP contribution in [-0.4, -0.2) is 21.3 Å². The van der Waals surface area contributed by atoms with Crippen LogP contribution in [0.4, 0.5) is 15.8 Å². The van der Waals surface area contributed by atoms with Gasteiger partial charge in [-0.05, 0) is 41.3 Å². The van der Waals surface area contributed by atoms with Crippen LogP contribution in [0, 0.1) is 5.82 Å². The van der Waals surface area contributed by atoms with Gasteiger partial charge in [-0.25, -0.2) is 12.8 Å². The van der Waals surface area contributed by atoms with Crippen LogP contribution in [0.1, 0.15) is 15.2 Å². The molecule has 0 unspecified atom stereocenters. The Morgan fingerprint density at radius 2 is 1.97 bits per heavy atom. The first-order valence-corrected chi connectivity index (χ1v) is 11.2. The number of allylic oxidation sites excluding steroid dienone is 1. The summed E-state index contributed by atoms with van der Waals surface area (Å²) in [6, 6.07) is 14.2. The molecule has 0 saturated heterocycles. The lowest BCUT2D eigenvalue weighted by Crippen LogP contribution is -2.38. The van der Waals surface area contributed by atoms with E-state index in [4.69, 9.17) is 4.74 Å². The zero-order valence-corrected chi connectivity index (χ0v) is 17.5. The summed E-state index contributed by atoms with van der Waals surface area (Å²) in [6.07, 6.45) is 1.19. The fourth-order valence-corrected chi connectivity index (χ4v) is 5.60. The number of methoxy groups -OCH3 is 1. The number of rotatable bonds is 5. The number of carbonyl (C=O) groups is 1. The summed E-state index contributed by atoms with van der Waals surface area (Å²) in [4.78, 5) is 12.8. The van der Waals surface area contributed by atoms with Crippen molar-refractivity contribution in [2.24, 2.45) is 0 Å². The van der Waals surface area contributed by atoms with Gasteiger partial charge in [0.2, 0.25) is 5.78 Å². The Morgan fingerprint density at radius 3 is 2.73 bits per heavy atom. The van der Waals surface area contributed by atoms with Crippen LogP contribution in [0.2, 0.25) is 0 Å². The quantitative estimate of drug-likeness (QED) is 0.591. The first-order chi connectivity index (χ1) is 14.4. The number of thiophene rings is 1. The van der Waals surface area contributed by atoms with Gasteiger partial charge in [-0.1, -0.05) is 18.2 Å². The summed E-state index contributed by atoms with van der Waals surface area (Å²) < 4.78 is 46.5. The minimum atomic E-state index is -4.16. The summed E-state index contributed by atoms with van der Waals surface area (Å²) in [5, 5.41) is 4.53. The van der Waals surface area contributed by atoms with Gasteiger partial charge in [0.25, 0.3) is 10.0 Å². The van der Waals surface area contributed by atoms with Gasteiger partial charge < -0.3 is 10.1 Å². The van der Waals surface area contributed by atoms with Crippen LogP contribution >= 0.6 is 11.3 Å². The second-order valence-corrected chi connectivity index (χ2v) is 9.24. The normalized spacial score (nSPS) is 16.4. The number of nitrogens with one attached hydrogen (secondary N) is 1. The average molecular weight is 445 g/mol. The van der Waals surface area contributed by atoms with E-state index in [1.807, 2.05) is 0 Å². The molecule has 2 heterocycles. The Bertz CT molecular complexity index is 1250. The molecule has 1 N–H and O–H groups in total. The van der Waals surface area contributed by atoms with E-state index in [0.29, 0.717) is 27.6 Å². The van der Waals surface area contributed by atoms with Crippen molar-refractivity contribution in [3.63, 3.8) is 0 Å². The standard InChI is InChI=1S/C21H17FN2O4S2/c1-28-17-7-3-6-16(11-17)23-12-19-20(25)21-18(8-9-29-21)24(30(19,26)27)13-14-4-2-5-15(22)10-14/h2-12,23H,13H2,1H3. The molecule has 4 rings (SSSR count). The number of hydrogen-bond acceptors (Lipinski definition) is 6. The van der Waals surface area contributed by atoms with Crippen molar-refractivity contribution in [1.82, 2.24) is 0 Å². The molecule has 0 bridgehead atoms. The molecule has 0 saturated carbocycles. The Hall–Kier alpha value is -3.17. The third-order valence-electron chi connectivity index (χ3n) is 4.57. The summed E-state index contributed by atoms with van der Waals surface area (Å²) >= 11 is 1.16. The van der Waals surface area contributed by atoms with E-state index in [1.54, 1.807) is 41.8 Å². The Labute approximate surface area is 177 Å². The van der Waals surface area contributed by atoms with E-state index in [0.717, 1.165) is 15.6 Å². The maximum Gasteiger partial charge on any atom is 0.270 e. The number of nitrogens with zero attached hydrogens (tertiary/aromatic N) is 1. The zero-order valence-electron chi connectivity index (χ0n) is 15.8. The van der Waals surface area contributed by atoms with E-state index in [-0.39, 0.29) is 11.4 Å². The van der Waals surface area contributed by atoms with Crippen LogP contribution in [0.25, 0.3) is 0 Å². The van der Waals surface area contributed by atoms with E-state index in [2.05, 4.69) is 5.32 Å². The average Bonchev–Trinajstić information content (AvgIpc) is 3.21. The molecule has 6 nitrogen and oxygen atoms in total. The minimum Gasteiger partial charge on any atom is -0.497 e. The van der Waals surface area contributed by atoms with Crippen LogP contribution in [-0.2, 0) is 16.6 Å². The number of anilines is 2. The molecular weight excluding hydrogens is 427 g/mol. The van der Waals surface area contributed by atoms with Crippen LogP contribution < -0.4 is 14.4 Å². The highest BCUT2D eigenvalue weighted by Crippen LogP contribution is 2.39. The van der Waals surface area contributed by atoms with Gasteiger partial charge in [-0.3, -0.25) is 9.10 Å². The molecule has 1 aliphatic rings. The van der Waals surface area contributed by atoms with Crippen molar-refractivity contribution in [2.45, 2.75) is 6.54 Å². The number of sulfonamides is 1. The number of halogens is 1. The van der Waals surface area contributed by atoms with Crippen LogP contribution in [0.15, 0.2) is 71.1 Å². The Kier molecular flexibility index (Phi) is 5.31. The number of ether oxygens (including phenoxy) is 1. The highest BCUT2D eigenvalue weighted by Gasteiger charge is 2.41. The highest BCUT2D eigenvalue weighted by atomic mass is 32.2. The zero-order chi connectivity index (χ0) is 21.3. The van der Waals surface area contributed by atoms with Crippen molar-refractivity contribution >= 4 is 38.5 Å².